The van der Waals surface area contributed by atoms with Crippen LogP contribution >= 0.6 is 12.4 Å². The Hall–Kier alpha value is -5.37. The van der Waals surface area contributed by atoms with Crippen LogP contribution in [0.3, 0.4) is 0 Å². The normalized spacial score (nSPS) is 17.8. The molecule has 2 aliphatic rings. The minimum absolute atomic E-state index is 0. The van der Waals surface area contributed by atoms with Crippen molar-refractivity contribution in [1.29, 1.82) is 0 Å². The third kappa shape index (κ3) is 8.96. The van der Waals surface area contributed by atoms with E-state index in [1.165, 1.54) is 14.2 Å². The summed E-state index contributed by atoms with van der Waals surface area (Å²) in [4.78, 5) is 70.7. The second kappa shape index (κ2) is 17.8. The Balaban J connectivity index is 0.00000580. The number of halogens is 1. The van der Waals surface area contributed by atoms with Crippen molar-refractivity contribution in [2.45, 2.75) is 77.5 Å². The number of hydrogen-bond acceptors (Lipinski definition) is 8. The fourth-order valence-corrected chi connectivity index (χ4v) is 7.38. The average molecular weight is 775 g/mol. The van der Waals surface area contributed by atoms with Crippen molar-refractivity contribution in [3.63, 3.8) is 0 Å². The molecule has 0 radical (unpaired) electrons. The van der Waals surface area contributed by atoms with Crippen molar-refractivity contribution < 1.29 is 28.7 Å². The summed E-state index contributed by atoms with van der Waals surface area (Å²) in [5.74, 6) is 0.955. The van der Waals surface area contributed by atoms with Gasteiger partial charge in [0, 0.05) is 13.1 Å². The molecule has 14 nitrogen and oxygen atoms in total. The first kappa shape index (κ1) is 40.8. The van der Waals surface area contributed by atoms with Gasteiger partial charge in [-0.15, -0.1) is 12.4 Å². The third-order valence-electron chi connectivity index (χ3n) is 10.4. The van der Waals surface area contributed by atoms with E-state index < -0.39 is 24.3 Å². The van der Waals surface area contributed by atoms with Gasteiger partial charge in [-0.05, 0) is 59.8 Å². The molecular weight excluding hydrogens is 724 g/mol. The van der Waals surface area contributed by atoms with E-state index in [4.69, 9.17) is 9.47 Å². The predicted octanol–water partition coefficient (Wildman–Crippen LogP) is 6.64. The highest BCUT2D eigenvalue weighted by Gasteiger charge is 2.39. The summed E-state index contributed by atoms with van der Waals surface area (Å²) >= 11 is 0. The Morgan fingerprint density at radius 1 is 0.636 bits per heavy atom. The number of alkyl carbamates (subject to hydrolysis) is 2. The lowest BCUT2D eigenvalue weighted by atomic mass is 10.0. The molecule has 2 saturated heterocycles. The molecule has 15 heteroatoms. The molecule has 294 valence electrons. The Morgan fingerprint density at radius 3 is 1.31 bits per heavy atom. The number of aromatic nitrogens is 4. The summed E-state index contributed by atoms with van der Waals surface area (Å²) in [5, 5.41) is 5.38. The standard InChI is InChI=1S/C40H50N8O6.ClH/c1-23(2)33(45-39(51)53-5)37(49)47-19-7-9-31(47)35-41-21-29(43-35)27-15-11-25(12-16-27)26-13-17-28(18-14-26)30-22-42-36(44-30)32-10-8-20-48(32)38(50)34(24(3)4)46-40(52)54-6;/h11-18,21-24,31-34H,7-10,19-20H2,1-6H3,(H,41,43)(H,42,44)(H,45,51)(H,46,52);1H/t31-,32-,33-,34-;/m0./s1. The molecule has 0 spiro atoms. The quantitative estimate of drug-likeness (QED) is 0.131. The maximum absolute atomic E-state index is 13.5. The van der Waals surface area contributed by atoms with Gasteiger partial charge in [0.1, 0.15) is 23.7 Å². The molecule has 55 heavy (non-hydrogen) atoms. The molecule has 4 heterocycles. The van der Waals surface area contributed by atoms with E-state index in [1.807, 2.05) is 52.0 Å². The number of carbonyl (C=O) groups is 4. The van der Waals surface area contributed by atoms with Crippen molar-refractivity contribution in [1.82, 2.24) is 40.4 Å². The van der Waals surface area contributed by atoms with Crippen LogP contribution in [0.5, 0.6) is 0 Å². The van der Waals surface area contributed by atoms with Gasteiger partial charge in [0.15, 0.2) is 0 Å². The van der Waals surface area contributed by atoms with Gasteiger partial charge in [-0.1, -0.05) is 76.2 Å². The third-order valence-corrected chi connectivity index (χ3v) is 10.4. The Kier molecular flexibility index (Phi) is 13.2. The predicted molar refractivity (Wildman–Crippen MR) is 210 cm³/mol. The molecule has 0 unspecified atom stereocenters. The monoisotopic (exact) mass is 774 g/mol. The van der Waals surface area contributed by atoms with Crippen LogP contribution in [-0.4, -0.2) is 93.1 Å². The Bertz CT molecular complexity index is 1800. The summed E-state index contributed by atoms with van der Waals surface area (Å²) in [6.07, 6.45) is 5.61. The number of nitrogens with one attached hydrogen (secondary N) is 4. The van der Waals surface area contributed by atoms with Gasteiger partial charge in [0.2, 0.25) is 11.8 Å². The van der Waals surface area contributed by atoms with Crippen LogP contribution in [0.2, 0.25) is 0 Å². The fourth-order valence-electron chi connectivity index (χ4n) is 7.38. The average Bonchev–Trinajstić information content (AvgIpc) is 4.02. The van der Waals surface area contributed by atoms with E-state index in [1.54, 1.807) is 22.2 Å². The molecule has 0 saturated carbocycles. The zero-order valence-electron chi connectivity index (χ0n) is 32.1. The highest BCUT2D eigenvalue weighted by Crippen LogP contribution is 2.35. The molecule has 6 rings (SSSR count). The number of methoxy groups -OCH3 is 2. The lowest BCUT2D eigenvalue weighted by Crippen LogP contribution is -2.51. The van der Waals surface area contributed by atoms with Crippen LogP contribution in [0, 0.1) is 11.8 Å². The lowest BCUT2D eigenvalue weighted by Gasteiger charge is -2.30. The van der Waals surface area contributed by atoms with Crippen LogP contribution in [0.15, 0.2) is 60.9 Å². The van der Waals surface area contributed by atoms with Crippen molar-refractivity contribution in [3.05, 3.63) is 72.6 Å². The first-order chi connectivity index (χ1) is 26.0. The molecule has 0 bridgehead atoms. The van der Waals surface area contributed by atoms with Crippen molar-refractivity contribution in [3.8, 4) is 33.6 Å². The van der Waals surface area contributed by atoms with Crippen molar-refractivity contribution in [2.24, 2.45) is 11.8 Å². The van der Waals surface area contributed by atoms with Crippen LogP contribution < -0.4 is 10.6 Å². The second-order valence-corrected chi connectivity index (χ2v) is 14.6. The SMILES string of the molecule is COC(=O)N[C@H](C(=O)N1CCC[C@H]1c1ncc(-c2ccc(-c3ccc(-c4cnc([C@@H]5CCCN5C(=O)[C@@H](NC(=O)OC)C(C)C)[nH]4)cc3)cc2)[nH]1)C(C)C.Cl. The summed E-state index contributed by atoms with van der Waals surface area (Å²) in [7, 11) is 2.58. The summed E-state index contributed by atoms with van der Waals surface area (Å²) < 4.78 is 9.50. The Morgan fingerprint density at radius 2 is 0.982 bits per heavy atom. The lowest BCUT2D eigenvalue weighted by molar-refractivity contribution is -0.136. The number of hydrogen-bond donors (Lipinski definition) is 4. The summed E-state index contributed by atoms with van der Waals surface area (Å²) in [6, 6.07) is 14.7. The van der Waals surface area contributed by atoms with E-state index >= 15 is 0 Å². The van der Waals surface area contributed by atoms with Gasteiger partial charge in [0.25, 0.3) is 0 Å². The molecule has 2 aromatic heterocycles. The first-order valence-corrected chi connectivity index (χ1v) is 18.6. The van der Waals surface area contributed by atoms with E-state index in [9.17, 15) is 19.2 Å². The van der Waals surface area contributed by atoms with Gasteiger partial charge < -0.3 is 39.9 Å². The van der Waals surface area contributed by atoms with Gasteiger partial charge in [-0.25, -0.2) is 19.6 Å². The molecule has 4 aromatic rings. The highest BCUT2D eigenvalue weighted by atomic mass is 35.5. The zero-order valence-corrected chi connectivity index (χ0v) is 32.9. The van der Waals surface area contributed by atoms with E-state index in [0.717, 1.165) is 71.0 Å². The van der Waals surface area contributed by atoms with Crippen LogP contribution in [0.1, 0.15) is 77.1 Å². The zero-order chi connectivity index (χ0) is 38.5. The molecule has 4 amide bonds. The minimum atomic E-state index is -0.687. The van der Waals surface area contributed by atoms with Gasteiger partial charge in [-0.2, -0.15) is 0 Å². The van der Waals surface area contributed by atoms with Crippen molar-refractivity contribution >= 4 is 36.4 Å². The second-order valence-electron chi connectivity index (χ2n) is 14.6. The molecule has 0 aliphatic carbocycles. The molecule has 2 aliphatic heterocycles. The molecular formula is C40H51ClN8O6. The van der Waals surface area contributed by atoms with Crippen LogP contribution in [-0.2, 0) is 19.1 Å². The number of likely N-dealkylation sites (tertiary alicyclic amines) is 2. The number of H-pyrrole nitrogens is 2. The number of imidazole rings is 2. The van der Waals surface area contributed by atoms with Gasteiger partial charge in [0.05, 0.1) is 50.1 Å². The number of rotatable bonds is 11. The largest absolute Gasteiger partial charge is 0.453 e. The topological polar surface area (TPSA) is 175 Å². The fraction of sp³-hybridized carbons (Fsp3) is 0.450. The maximum atomic E-state index is 13.5. The minimum Gasteiger partial charge on any atom is -0.453 e. The van der Waals surface area contributed by atoms with E-state index in [-0.39, 0.29) is 48.1 Å². The van der Waals surface area contributed by atoms with Crippen molar-refractivity contribution in [2.75, 3.05) is 27.3 Å². The maximum Gasteiger partial charge on any atom is 0.407 e. The highest BCUT2D eigenvalue weighted by molar-refractivity contribution is 5.87. The number of nitrogens with zero attached hydrogens (tertiary/aromatic N) is 4. The van der Waals surface area contributed by atoms with E-state index in [0.29, 0.717) is 13.1 Å². The van der Waals surface area contributed by atoms with Gasteiger partial charge in [-0.3, -0.25) is 9.59 Å². The smallest absolute Gasteiger partial charge is 0.407 e. The number of ether oxygens (including phenoxy) is 2. The number of amides is 4. The Labute approximate surface area is 327 Å². The molecule has 2 aromatic carbocycles. The number of benzene rings is 2. The molecule has 4 N–H and O–H groups in total. The van der Waals surface area contributed by atoms with Gasteiger partial charge >= 0.3 is 12.2 Å². The van der Waals surface area contributed by atoms with Crippen LogP contribution in [0.4, 0.5) is 9.59 Å². The summed E-state index contributed by atoms with van der Waals surface area (Å²) in [6.45, 7) is 8.78. The van der Waals surface area contributed by atoms with E-state index in [2.05, 4.69) is 54.8 Å². The first-order valence-electron chi connectivity index (χ1n) is 18.6. The molecule has 4 atom stereocenters. The molecule has 2 fully saturated rings. The van der Waals surface area contributed by atoms with Crippen LogP contribution in [0.25, 0.3) is 33.6 Å². The number of aromatic amines is 2. The summed E-state index contributed by atoms with van der Waals surface area (Å²) in [5.41, 5.74) is 5.78. The number of carbonyl (C=O) groups excluding carboxylic acids is 4.